The summed E-state index contributed by atoms with van der Waals surface area (Å²) in [6, 6.07) is 6.16. The number of hydrogen-bond acceptors (Lipinski definition) is 1. The monoisotopic (exact) mass is 295 g/mol. The third kappa shape index (κ3) is 3.09. The molecule has 0 saturated heterocycles. The SMILES string of the molecule is Cc1cc(Br)cc(C(=O)NC2CCCC2C)c1. The van der Waals surface area contributed by atoms with Crippen LogP contribution in [0.3, 0.4) is 0 Å². The van der Waals surface area contributed by atoms with E-state index >= 15 is 0 Å². The predicted octanol–water partition coefficient (Wildman–Crippen LogP) is 3.68. The summed E-state index contributed by atoms with van der Waals surface area (Å²) in [7, 11) is 0. The number of nitrogens with one attached hydrogen (secondary N) is 1. The first kappa shape index (κ1) is 12.6. The summed E-state index contributed by atoms with van der Waals surface area (Å²) in [5.74, 6) is 0.653. The molecule has 0 bridgehead atoms. The van der Waals surface area contributed by atoms with Crippen molar-refractivity contribution in [2.75, 3.05) is 0 Å². The molecule has 3 heteroatoms. The minimum atomic E-state index is 0.0492. The highest BCUT2D eigenvalue weighted by atomic mass is 79.9. The van der Waals surface area contributed by atoms with Crippen molar-refractivity contribution < 1.29 is 4.79 Å². The molecule has 1 aliphatic carbocycles. The lowest BCUT2D eigenvalue weighted by Crippen LogP contribution is -2.36. The summed E-state index contributed by atoms with van der Waals surface area (Å²) in [5, 5.41) is 3.14. The third-order valence-electron chi connectivity index (χ3n) is 3.48. The van der Waals surface area contributed by atoms with Crippen LogP contribution in [0.15, 0.2) is 22.7 Å². The van der Waals surface area contributed by atoms with Gasteiger partial charge in [-0.3, -0.25) is 4.79 Å². The van der Waals surface area contributed by atoms with Gasteiger partial charge in [-0.25, -0.2) is 0 Å². The van der Waals surface area contributed by atoms with Crippen LogP contribution in [0.1, 0.15) is 42.1 Å². The van der Waals surface area contributed by atoms with Crippen molar-refractivity contribution in [3.05, 3.63) is 33.8 Å². The zero-order valence-corrected chi connectivity index (χ0v) is 11.9. The van der Waals surface area contributed by atoms with E-state index in [2.05, 4.69) is 28.2 Å². The molecule has 1 N–H and O–H groups in total. The van der Waals surface area contributed by atoms with E-state index in [9.17, 15) is 4.79 Å². The number of carbonyl (C=O) groups is 1. The highest BCUT2D eigenvalue weighted by Crippen LogP contribution is 2.25. The van der Waals surface area contributed by atoms with Gasteiger partial charge in [0.2, 0.25) is 0 Å². The lowest BCUT2D eigenvalue weighted by atomic mass is 10.1. The molecule has 1 aliphatic rings. The number of halogens is 1. The number of benzene rings is 1. The molecule has 0 heterocycles. The number of carbonyl (C=O) groups excluding carboxylic acids is 1. The summed E-state index contributed by atoms with van der Waals surface area (Å²) in [6.45, 7) is 4.21. The number of aryl methyl sites for hydroxylation is 1. The van der Waals surface area contributed by atoms with Crippen LogP contribution in [0, 0.1) is 12.8 Å². The van der Waals surface area contributed by atoms with Gasteiger partial charge >= 0.3 is 0 Å². The summed E-state index contributed by atoms with van der Waals surface area (Å²) in [6.07, 6.45) is 3.56. The first-order valence-electron chi connectivity index (χ1n) is 6.14. The molecular weight excluding hydrogens is 278 g/mol. The number of rotatable bonds is 2. The van der Waals surface area contributed by atoms with Gasteiger partial charge in [0.05, 0.1) is 0 Å². The number of hydrogen-bond donors (Lipinski definition) is 1. The van der Waals surface area contributed by atoms with E-state index in [1.54, 1.807) is 0 Å². The average molecular weight is 296 g/mol. The van der Waals surface area contributed by atoms with Crippen molar-refractivity contribution in [2.24, 2.45) is 5.92 Å². The van der Waals surface area contributed by atoms with E-state index in [1.807, 2.05) is 25.1 Å². The maximum absolute atomic E-state index is 12.1. The molecule has 1 fully saturated rings. The van der Waals surface area contributed by atoms with Gasteiger partial charge in [0.15, 0.2) is 0 Å². The molecule has 17 heavy (non-hydrogen) atoms. The van der Waals surface area contributed by atoms with Crippen LogP contribution >= 0.6 is 15.9 Å². The Morgan fingerprint density at radius 2 is 2.12 bits per heavy atom. The van der Waals surface area contributed by atoms with E-state index in [0.29, 0.717) is 12.0 Å². The zero-order chi connectivity index (χ0) is 12.4. The fourth-order valence-electron chi connectivity index (χ4n) is 2.48. The van der Waals surface area contributed by atoms with Gasteiger partial charge in [-0.1, -0.05) is 29.3 Å². The van der Waals surface area contributed by atoms with Gasteiger partial charge in [0.25, 0.3) is 5.91 Å². The van der Waals surface area contributed by atoms with Gasteiger partial charge in [-0.05, 0) is 49.4 Å². The Bertz CT molecular complexity index is 410. The molecule has 92 valence electrons. The first-order valence-corrected chi connectivity index (χ1v) is 6.93. The van der Waals surface area contributed by atoms with Gasteiger partial charge in [0.1, 0.15) is 0 Å². The van der Waals surface area contributed by atoms with Gasteiger partial charge in [0, 0.05) is 16.1 Å². The van der Waals surface area contributed by atoms with Crippen LogP contribution in [0.5, 0.6) is 0 Å². The molecular formula is C14H18BrNO. The molecule has 2 atom stereocenters. The molecule has 2 unspecified atom stereocenters. The van der Waals surface area contributed by atoms with E-state index in [0.717, 1.165) is 22.0 Å². The predicted molar refractivity (Wildman–Crippen MR) is 73.1 cm³/mol. The Labute approximate surface area is 111 Å². The molecule has 0 aromatic heterocycles. The standard InChI is InChI=1S/C14H18BrNO/c1-9-6-11(8-12(15)7-9)14(17)16-13-5-3-4-10(13)2/h6-8,10,13H,3-5H2,1-2H3,(H,16,17). The smallest absolute Gasteiger partial charge is 0.251 e. The maximum atomic E-state index is 12.1. The largest absolute Gasteiger partial charge is 0.349 e. The van der Waals surface area contributed by atoms with Crippen LogP contribution in [0.25, 0.3) is 0 Å². The summed E-state index contributed by atoms with van der Waals surface area (Å²) >= 11 is 3.43. The second-order valence-electron chi connectivity index (χ2n) is 5.01. The molecule has 0 radical (unpaired) electrons. The number of amides is 1. The van der Waals surface area contributed by atoms with Crippen molar-refractivity contribution in [2.45, 2.75) is 39.2 Å². The molecule has 1 amide bonds. The van der Waals surface area contributed by atoms with Crippen LogP contribution in [0.2, 0.25) is 0 Å². The van der Waals surface area contributed by atoms with Crippen molar-refractivity contribution >= 4 is 21.8 Å². The Kier molecular flexibility index (Phi) is 3.87. The van der Waals surface area contributed by atoms with Crippen molar-refractivity contribution in [1.82, 2.24) is 5.32 Å². The summed E-state index contributed by atoms with van der Waals surface area (Å²) in [4.78, 5) is 12.1. The van der Waals surface area contributed by atoms with Crippen LogP contribution in [-0.2, 0) is 0 Å². The highest BCUT2D eigenvalue weighted by molar-refractivity contribution is 9.10. The van der Waals surface area contributed by atoms with E-state index < -0.39 is 0 Å². The minimum absolute atomic E-state index is 0.0492. The lowest BCUT2D eigenvalue weighted by Gasteiger charge is -2.17. The fraction of sp³-hybridized carbons (Fsp3) is 0.500. The minimum Gasteiger partial charge on any atom is -0.349 e. The quantitative estimate of drug-likeness (QED) is 0.886. The summed E-state index contributed by atoms with van der Waals surface area (Å²) < 4.78 is 0.960. The second kappa shape index (κ2) is 5.21. The molecule has 0 spiro atoms. The van der Waals surface area contributed by atoms with Crippen molar-refractivity contribution in [3.8, 4) is 0 Å². The molecule has 1 aromatic rings. The molecule has 2 nitrogen and oxygen atoms in total. The zero-order valence-electron chi connectivity index (χ0n) is 10.3. The van der Waals surface area contributed by atoms with Gasteiger partial charge < -0.3 is 5.32 Å². The Morgan fingerprint density at radius 3 is 2.71 bits per heavy atom. The van der Waals surface area contributed by atoms with Gasteiger partial charge in [-0.15, -0.1) is 0 Å². The van der Waals surface area contributed by atoms with Crippen molar-refractivity contribution in [3.63, 3.8) is 0 Å². The van der Waals surface area contributed by atoms with Crippen LogP contribution in [0.4, 0.5) is 0 Å². The fourth-order valence-corrected chi connectivity index (χ4v) is 3.09. The molecule has 1 saturated carbocycles. The topological polar surface area (TPSA) is 29.1 Å². The first-order chi connectivity index (χ1) is 8.06. The van der Waals surface area contributed by atoms with Gasteiger partial charge in [-0.2, -0.15) is 0 Å². The van der Waals surface area contributed by atoms with Crippen LogP contribution in [-0.4, -0.2) is 11.9 Å². The molecule has 0 aliphatic heterocycles. The average Bonchev–Trinajstić information content (AvgIpc) is 2.63. The van der Waals surface area contributed by atoms with Crippen LogP contribution < -0.4 is 5.32 Å². The Hall–Kier alpha value is -0.830. The summed E-state index contributed by atoms with van der Waals surface area (Å²) in [5.41, 5.74) is 1.85. The highest BCUT2D eigenvalue weighted by Gasteiger charge is 2.25. The third-order valence-corrected chi connectivity index (χ3v) is 3.94. The normalized spacial score (nSPS) is 23.7. The van der Waals surface area contributed by atoms with E-state index in [-0.39, 0.29) is 5.91 Å². The molecule has 2 rings (SSSR count). The second-order valence-corrected chi connectivity index (χ2v) is 5.92. The Balaban J connectivity index is 2.09. The lowest BCUT2D eigenvalue weighted by molar-refractivity contribution is 0.0929. The maximum Gasteiger partial charge on any atom is 0.251 e. The molecule has 1 aromatic carbocycles. The van der Waals surface area contributed by atoms with E-state index in [4.69, 9.17) is 0 Å². The Morgan fingerprint density at radius 1 is 1.35 bits per heavy atom. The van der Waals surface area contributed by atoms with Crippen molar-refractivity contribution in [1.29, 1.82) is 0 Å². The van der Waals surface area contributed by atoms with E-state index in [1.165, 1.54) is 12.8 Å².